The number of ether oxygens (including phenoxy) is 1. The first-order valence-electron chi connectivity index (χ1n) is 7.19. The van der Waals surface area contributed by atoms with Gasteiger partial charge in [0, 0.05) is 6.04 Å². The summed E-state index contributed by atoms with van der Waals surface area (Å²) >= 11 is 0. The van der Waals surface area contributed by atoms with Crippen LogP contribution in [0.1, 0.15) is 33.3 Å². The molecule has 0 aromatic heterocycles. The molecule has 114 valence electrons. The largest absolute Gasteiger partial charge is 0.494 e. The van der Waals surface area contributed by atoms with Crippen molar-refractivity contribution in [3.8, 4) is 5.75 Å². The molecular weight excluding hydrogens is 255 g/mol. The fraction of sp³-hybridized carbons (Fsp3) is 0.625. The van der Waals surface area contributed by atoms with Crippen molar-refractivity contribution in [3.05, 3.63) is 29.6 Å². The van der Waals surface area contributed by atoms with E-state index in [1.165, 1.54) is 13.2 Å². The smallest absolute Gasteiger partial charge is 0.165 e. The van der Waals surface area contributed by atoms with Gasteiger partial charge in [0.05, 0.1) is 7.11 Å². The minimum atomic E-state index is -0.327. The van der Waals surface area contributed by atoms with Gasteiger partial charge in [0.1, 0.15) is 0 Å². The first-order chi connectivity index (χ1) is 9.40. The summed E-state index contributed by atoms with van der Waals surface area (Å²) in [6.07, 6.45) is 0.707. The fourth-order valence-corrected chi connectivity index (χ4v) is 3.10. The van der Waals surface area contributed by atoms with Crippen molar-refractivity contribution in [2.45, 2.75) is 40.2 Å². The molecule has 1 aromatic rings. The molecule has 0 aliphatic rings. The Hall–Kier alpha value is -1.13. The Morgan fingerprint density at radius 1 is 1.20 bits per heavy atom. The molecule has 0 aliphatic heterocycles. The van der Waals surface area contributed by atoms with Gasteiger partial charge in [-0.15, -0.1) is 0 Å². The predicted octanol–water partition coefficient (Wildman–Crippen LogP) is 3.14. The van der Waals surface area contributed by atoms with Gasteiger partial charge in [-0.1, -0.05) is 33.8 Å². The average molecular weight is 282 g/mol. The molecule has 1 rings (SSSR count). The number of hydrogen-bond acceptors (Lipinski definition) is 3. The highest BCUT2D eigenvalue weighted by Gasteiger charge is 2.26. The van der Waals surface area contributed by atoms with Crippen molar-refractivity contribution in [1.29, 1.82) is 0 Å². The van der Waals surface area contributed by atoms with Crippen LogP contribution < -0.4 is 16.0 Å². The second-order valence-electron chi connectivity index (χ2n) is 6.01. The van der Waals surface area contributed by atoms with E-state index in [0.29, 0.717) is 24.2 Å². The van der Waals surface area contributed by atoms with Crippen LogP contribution in [0.3, 0.4) is 0 Å². The first-order valence-corrected chi connectivity index (χ1v) is 7.19. The highest BCUT2D eigenvalue weighted by Crippen LogP contribution is 2.27. The van der Waals surface area contributed by atoms with Crippen LogP contribution >= 0.6 is 0 Å². The lowest BCUT2D eigenvalue weighted by Gasteiger charge is -2.33. The average Bonchev–Trinajstić information content (AvgIpc) is 2.37. The Kier molecular flexibility index (Phi) is 6.43. The molecule has 0 aliphatic carbocycles. The van der Waals surface area contributed by atoms with Crippen molar-refractivity contribution in [2.75, 3.05) is 7.11 Å². The molecule has 0 spiro atoms. The molecule has 20 heavy (non-hydrogen) atoms. The SMILES string of the molecule is COc1ccc(CC(NN)C(C(C)C)C(C)C)cc1F. The standard InChI is InChI=1S/C16H27FN2O/c1-10(2)16(11(3)4)14(19-18)9-12-6-7-15(20-5)13(17)8-12/h6-8,10-11,14,16,19H,9,18H2,1-5H3. The van der Waals surface area contributed by atoms with E-state index in [2.05, 4.69) is 33.1 Å². The van der Waals surface area contributed by atoms with Crippen molar-refractivity contribution in [2.24, 2.45) is 23.6 Å². The van der Waals surface area contributed by atoms with E-state index in [4.69, 9.17) is 10.6 Å². The molecule has 0 saturated carbocycles. The Morgan fingerprint density at radius 2 is 1.80 bits per heavy atom. The van der Waals surface area contributed by atoms with Gasteiger partial charge in [0.25, 0.3) is 0 Å². The van der Waals surface area contributed by atoms with Gasteiger partial charge >= 0.3 is 0 Å². The lowest BCUT2D eigenvalue weighted by molar-refractivity contribution is 0.208. The van der Waals surface area contributed by atoms with E-state index in [9.17, 15) is 4.39 Å². The zero-order chi connectivity index (χ0) is 15.3. The molecule has 0 amide bonds. The topological polar surface area (TPSA) is 47.3 Å². The Bertz CT molecular complexity index is 413. The van der Waals surface area contributed by atoms with Crippen molar-refractivity contribution in [3.63, 3.8) is 0 Å². The molecule has 1 atom stereocenters. The molecule has 0 fully saturated rings. The fourth-order valence-electron chi connectivity index (χ4n) is 3.10. The number of halogens is 1. The molecule has 3 nitrogen and oxygen atoms in total. The highest BCUT2D eigenvalue weighted by atomic mass is 19.1. The van der Waals surface area contributed by atoms with Crippen LogP contribution in [0.2, 0.25) is 0 Å². The van der Waals surface area contributed by atoms with Crippen LogP contribution in [0, 0.1) is 23.6 Å². The van der Waals surface area contributed by atoms with Crippen molar-refractivity contribution < 1.29 is 9.13 Å². The van der Waals surface area contributed by atoms with Crippen LogP contribution in [0.25, 0.3) is 0 Å². The van der Waals surface area contributed by atoms with E-state index >= 15 is 0 Å². The summed E-state index contributed by atoms with van der Waals surface area (Å²) in [5, 5.41) is 0. The maximum absolute atomic E-state index is 13.7. The van der Waals surface area contributed by atoms with Crippen molar-refractivity contribution in [1.82, 2.24) is 5.43 Å². The second-order valence-corrected chi connectivity index (χ2v) is 6.01. The lowest BCUT2D eigenvalue weighted by atomic mass is 9.78. The second kappa shape index (κ2) is 7.60. The third-order valence-corrected chi connectivity index (χ3v) is 3.89. The van der Waals surface area contributed by atoms with Gasteiger partial charge in [0.2, 0.25) is 0 Å². The van der Waals surface area contributed by atoms with Crippen LogP contribution in [-0.2, 0) is 6.42 Å². The minimum absolute atomic E-state index is 0.128. The molecule has 4 heteroatoms. The molecule has 1 unspecified atom stereocenters. The third-order valence-electron chi connectivity index (χ3n) is 3.89. The molecule has 3 N–H and O–H groups in total. The summed E-state index contributed by atoms with van der Waals surface area (Å²) in [6.45, 7) is 8.79. The number of rotatable bonds is 7. The van der Waals surface area contributed by atoms with Crippen LogP contribution in [-0.4, -0.2) is 13.2 Å². The van der Waals surface area contributed by atoms with Crippen LogP contribution in [0.4, 0.5) is 4.39 Å². The van der Waals surface area contributed by atoms with Crippen molar-refractivity contribution >= 4 is 0 Å². The Morgan fingerprint density at radius 3 is 2.20 bits per heavy atom. The summed E-state index contributed by atoms with van der Waals surface area (Å²) in [7, 11) is 1.47. The Labute approximate surface area is 121 Å². The van der Waals surface area contributed by atoms with E-state index in [1.54, 1.807) is 6.07 Å². The monoisotopic (exact) mass is 282 g/mol. The molecule has 0 bridgehead atoms. The van der Waals surface area contributed by atoms with Crippen LogP contribution in [0.5, 0.6) is 5.75 Å². The molecule has 0 radical (unpaired) electrons. The van der Waals surface area contributed by atoms with Gasteiger partial charge in [-0.25, -0.2) is 4.39 Å². The van der Waals surface area contributed by atoms with Gasteiger partial charge in [-0.3, -0.25) is 11.3 Å². The number of nitrogens with one attached hydrogen (secondary N) is 1. The summed E-state index contributed by atoms with van der Waals surface area (Å²) < 4.78 is 18.7. The van der Waals surface area contributed by atoms with Gasteiger partial charge < -0.3 is 4.74 Å². The maximum Gasteiger partial charge on any atom is 0.165 e. The maximum atomic E-state index is 13.7. The number of methoxy groups -OCH3 is 1. The minimum Gasteiger partial charge on any atom is -0.494 e. The van der Waals surface area contributed by atoms with Gasteiger partial charge in [0.15, 0.2) is 11.6 Å². The summed E-state index contributed by atoms with van der Waals surface area (Å²) in [6, 6.07) is 5.21. The highest BCUT2D eigenvalue weighted by molar-refractivity contribution is 5.29. The number of benzene rings is 1. The molecule has 0 heterocycles. The molecular formula is C16H27FN2O. The molecule has 1 aromatic carbocycles. The first kappa shape index (κ1) is 16.9. The van der Waals surface area contributed by atoms with E-state index in [0.717, 1.165) is 5.56 Å². The predicted molar refractivity (Wildman–Crippen MR) is 80.9 cm³/mol. The number of nitrogens with two attached hydrogens (primary N) is 1. The quantitative estimate of drug-likeness (QED) is 0.596. The van der Waals surface area contributed by atoms with E-state index < -0.39 is 0 Å². The lowest BCUT2D eigenvalue weighted by Crippen LogP contribution is -2.46. The van der Waals surface area contributed by atoms with Gasteiger partial charge in [-0.05, 0) is 41.9 Å². The van der Waals surface area contributed by atoms with Gasteiger partial charge in [-0.2, -0.15) is 0 Å². The van der Waals surface area contributed by atoms with E-state index in [1.807, 2.05) is 6.07 Å². The summed E-state index contributed by atoms with van der Waals surface area (Å²) in [5.41, 5.74) is 3.84. The number of hydrazine groups is 1. The summed E-state index contributed by atoms with van der Waals surface area (Å²) in [5.74, 6) is 7.13. The zero-order valence-corrected chi connectivity index (χ0v) is 13.1. The third kappa shape index (κ3) is 4.18. The normalized spacial score (nSPS) is 13.3. The Balaban J connectivity index is 2.90. The summed E-state index contributed by atoms with van der Waals surface area (Å²) in [4.78, 5) is 0. The number of hydrogen-bond donors (Lipinski definition) is 2. The zero-order valence-electron chi connectivity index (χ0n) is 13.1. The van der Waals surface area contributed by atoms with Crippen LogP contribution in [0.15, 0.2) is 18.2 Å². The van der Waals surface area contributed by atoms with E-state index in [-0.39, 0.29) is 17.6 Å². The molecule has 0 saturated heterocycles.